The molecule has 0 saturated heterocycles. The van der Waals surface area contributed by atoms with Crippen LogP contribution in [0, 0.1) is 0 Å². The molecule has 0 unspecified atom stereocenters. The molecule has 0 N–H and O–H groups in total. The molecular weight excluding hydrogens is 256 g/mol. The van der Waals surface area contributed by atoms with E-state index in [-0.39, 0.29) is 0 Å². The normalized spacial score (nSPS) is 10.2. The first-order chi connectivity index (χ1) is 10.2. The van der Waals surface area contributed by atoms with Gasteiger partial charge in [0.25, 0.3) is 0 Å². The second-order valence-corrected chi connectivity index (χ2v) is 4.86. The number of hydrogen-bond donors (Lipinski definition) is 0. The van der Waals surface area contributed by atoms with E-state index in [1.807, 2.05) is 24.3 Å². The third-order valence-electron chi connectivity index (χ3n) is 2.75. The lowest BCUT2D eigenvalue weighted by Crippen LogP contribution is -2.11. The number of benzene rings is 1. The van der Waals surface area contributed by atoms with Crippen LogP contribution in [-0.4, -0.2) is 30.5 Å². The SMILES string of the molecule is C=Cc1ccccn1.CN(C)CCC=Cc1ccccc1. The van der Waals surface area contributed by atoms with Gasteiger partial charge < -0.3 is 4.90 Å². The van der Waals surface area contributed by atoms with Crippen LogP contribution < -0.4 is 0 Å². The standard InChI is InChI=1S/C12H17N.C7H7N/c1-13(2)11-7-6-10-12-8-4-3-5-9-12;1-2-7-5-3-4-6-8-7/h3-6,8-10H,7,11H2,1-2H3;2-6H,1H2. The predicted molar refractivity (Wildman–Crippen MR) is 93.0 cm³/mol. The predicted octanol–water partition coefficient (Wildman–Crippen LogP) is 4.38. The van der Waals surface area contributed by atoms with Crippen molar-refractivity contribution < 1.29 is 0 Å². The maximum absolute atomic E-state index is 3.98. The van der Waals surface area contributed by atoms with Gasteiger partial charge in [-0.05, 0) is 44.3 Å². The van der Waals surface area contributed by atoms with Crippen LogP contribution in [0.5, 0.6) is 0 Å². The molecule has 1 heterocycles. The third kappa shape index (κ3) is 8.56. The Labute approximate surface area is 128 Å². The Morgan fingerprint density at radius 3 is 2.29 bits per heavy atom. The largest absolute Gasteiger partial charge is 0.309 e. The molecule has 0 spiro atoms. The highest BCUT2D eigenvalue weighted by Gasteiger charge is 1.86. The molecule has 2 rings (SSSR count). The Morgan fingerprint density at radius 2 is 1.76 bits per heavy atom. The zero-order valence-corrected chi connectivity index (χ0v) is 12.9. The zero-order chi connectivity index (χ0) is 15.3. The van der Waals surface area contributed by atoms with E-state index >= 15 is 0 Å². The summed E-state index contributed by atoms with van der Waals surface area (Å²) < 4.78 is 0. The summed E-state index contributed by atoms with van der Waals surface area (Å²) in [6.07, 6.45) is 8.97. The molecule has 2 nitrogen and oxygen atoms in total. The van der Waals surface area contributed by atoms with Gasteiger partial charge in [0.05, 0.1) is 5.69 Å². The highest BCUT2D eigenvalue weighted by Crippen LogP contribution is 2.01. The van der Waals surface area contributed by atoms with E-state index in [1.165, 1.54) is 5.56 Å². The van der Waals surface area contributed by atoms with Gasteiger partial charge in [-0.3, -0.25) is 4.98 Å². The minimum atomic E-state index is 0.924. The first-order valence-electron chi connectivity index (χ1n) is 7.12. The van der Waals surface area contributed by atoms with Crippen LogP contribution >= 0.6 is 0 Å². The van der Waals surface area contributed by atoms with E-state index in [9.17, 15) is 0 Å². The minimum absolute atomic E-state index is 0.924. The minimum Gasteiger partial charge on any atom is -0.309 e. The van der Waals surface area contributed by atoms with E-state index in [4.69, 9.17) is 0 Å². The Morgan fingerprint density at radius 1 is 1.05 bits per heavy atom. The van der Waals surface area contributed by atoms with E-state index < -0.39 is 0 Å². The van der Waals surface area contributed by atoms with Gasteiger partial charge in [0.15, 0.2) is 0 Å². The first-order valence-corrected chi connectivity index (χ1v) is 7.12. The summed E-state index contributed by atoms with van der Waals surface area (Å²) in [5.41, 5.74) is 2.20. The number of rotatable bonds is 5. The quantitative estimate of drug-likeness (QED) is 0.808. The van der Waals surface area contributed by atoms with Crippen LogP contribution in [0.1, 0.15) is 17.7 Å². The molecule has 0 fully saturated rings. The van der Waals surface area contributed by atoms with Crippen molar-refractivity contribution in [3.05, 3.63) is 78.6 Å². The highest BCUT2D eigenvalue weighted by atomic mass is 15.0. The monoisotopic (exact) mass is 280 g/mol. The summed E-state index contributed by atoms with van der Waals surface area (Å²) in [4.78, 5) is 6.17. The van der Waals surface area contributed by atoms with Crippen molar-refractivity contribution >= 4 is 12.2 Å². The topological polar surface area (TPSA) is 16.1 Å². The molecule has 0 aliphatic carbocycles. The molecule has 1 aromatic carbocycles. The van der Waals surface area contributed by atoms with Gasteiger partial charge in [-0.25, -0.2) is 0 Å². The zero-order valence-electron chi connectivity index (χ0n) is 12.9. The highest BCUT2D eigenvalue weighted by molar-refractivity contribution is 5.48. The fraction of sp³-hybridized carbons (Fsp3) is 0.211. The van der Waals surface area contributed by atoms with E-state index in [2.05, 4.69) is 67.0 Å². The Bertz CT molecular complexity index is 516. The number of hydrogen-bond acceptors (Lipinski definition) is 2. The average Bonchev–Trinajstić information content (AvgIpc) is 2.54. The number of nitrogens with zero attached hydrogens (tertiary/aromatic N) is 2. The molecule has 0 aliphatic heterocycles. The molecule has 0 amide bonds. The first kappa shape index (κ1) is 16.9. The van der Waals surface area contributed by atoms with Crippen molar-refractivity contribution in [2.24, 2.45) is 0 Å². The summed E-state index contributed by atoms with van der Waals surface area (Å²) in [5, 5.41) is 0. The second-order valence-electron chi connectivity index (χ2n) is 4.86. The Kier molecular flexibility index (Phi) is 8.50. The molecule has 0 radical (unpaired) electrons. The van der Waals surface area contributed by atoms with Crippen molar-refractivity contribution in [3.63, 3.8) is 0 Å². The van der Waals surface area contributed by atoms with Crippen LogP contribution in [0.2, 0.25) is 0 Å². The number of aromatic nitrogens is 1. The lowest BCUT2D eigenvalue weighted by atomic mass is 10.2. The third-order valence-corrected chi connectivity index (χ3v) is 2.75. The van der Waals surface area contributed by atoms with Crippen LogP contribution in [0.4, 0.5) is 0 Å². The van der Waals surface area contributed by atoms with E-state index in [0.717, 1.165) is 18.7 Å². The van der Waals surface area contributed by atoms with Gasteiger partial charge in [-0.15, -0.1) is 0 Å². The van der Waals surface area contributed by atoms with Gasteiger partial charge in [0, 0.05) is 12.7 Å². The Hall–Kier alpha value is -2.19. The van der Waals surface area contributed by atoms with Gasteiger partial charge in [-0.2, -0.15) is 0 Å². The van der Waals surface area contributed by atoms with Gasteiger partial charge in [0.1, 0.15) is 0 Å². The van der Waals surface area contributed by atoms with Crippen molar-refractivity contribution in [2.75, 3.05) is 20.6 Å². The molecule has 2 aromatic rings. The summed E-state index contributed by atoms with van der Waals surface area (Å²) in [6.45, 7) is 4.68. The van der Waals surface area contributed by atoms with E-state index in [1.54, 1.807) is 12.3 Å². The molecule has 2 heteroatoms. The van der Waals surface area contributed by atoms with Crippen LogP contribution in [0.15, 0.2) is 67.4 Å². The molecule has 1 aromatic heterocycles. The second kappa shape index (κ2) is 10.6. The van der Waals surface area contributed by atoms with Crippen molar-refractivity contribution in [3.8, 4) is 0 Å². The number of pyridine rings is 1. The summed E-state index contributed by atoms with van der Waals surface area (Å²) >= 11 is 0. The van der Waals surface area contributed by atoms with Crippen LogP contribution in [0.3, 0.4) is 0 Å². The summed E-state index contributed by atoms with van der Waals surface area (Å²) in [6, 6.07) is 16.1. The average molecular weight is 280 g/mol. The van der Waals surface area contributed by atoms with Crippen molar-refractivity contribution in [1.29, 1.82) is 0 Å². The maximum Gasteiger partial charge on any atom is 0.0623 e. The van der Waals surface area contributed by atoms with Crippen molar-refractivity contribution in [2.45, 2.75) is 6.42 Å². The smallest absolute Gasteiger partial charge is 0.0623 e. The fourth-order valence-electron chi connectivity index (χ4n) is 1.61. The maximum atomic E-state index is 3.98. The molecular formula is C19H24N2. The molecule has 0 aliphatic rings. The van der Waals surface area contributed by atoms with Gasteiger partial charge in [-0.1, -0.05) is 55.1 Å². The lowest BCUT2D eigenvalue weighted by Gasteiger charge is -2.05. The summed E-state index contributed by atoms with van der Waals surface area (Å²) in [5.74, 6) is 0. The molecule has 0 bridgehead atoms. The van der Waals surface area contributed by atoms with E-state index in [0.29, 0.717) is 0 Å². The van der Waals surface area contributed by atoms with Gasteiger partial charge in [0.2, 0.25) is 0 Å². The van der Waals surface area contributed by atoms with Crippen LogP contribution in [0.25, 0.3) is 12.2 Å². The molecule has 21 heavy (non-hydrogen) atoms. The summed E-state index contributed by atoms with van der Waals surface area (Å²) in [7, 11) is 4.19. The molecule has 110 valence electrons. The molecule has 0 saturated carbocycles. The lowest BCUT2D eigenvalue weighted by molar-refractivity contribution is 0.417. The van der Waals surface area contributed by atoms with Gasteiger partial charge >= 0.3 is 0 Å². The van der Waals surface area contributed by atoms with Crippen LogP contribution in [-0.2, 0) is 0 Å². The Balaban J connectivity index is 0.000000235. The van der Waals surface area contributed by atoms with Crippen molar-refractivity contribution in [1.82, 2.24) is 9.88 Å². The fourth-order valence-corrected chi connectivity index (χ4v) is 1.61. The molecule has 0 atom stereocenters.